The first-order valence-electron chi connectivity index (χ1n) is 7.31. The van der Waals surface area contributed by atoms with Crippen LogP contribution in [0.4, 0.5) is 0 Å². The number of aryl methyl sites for hydroxylation is 1. The number of sulfonamides is 1. The number of aromatic nitrogens is 4. The van der Waals surface area contributed by atoms with E-state index in [-0.39, 0.29) is 36.0 Å². The van der Waals surface area contributed by atoms with Gasteiger partial charge in [0.15, 0.2) is 0 Å². The molecule has 24 heavy (non-hydrogen) atoms. The Morgan fingerprint density at radius 2 is 1.88 bits per heavy atom. The molecule has 1 aliphatic rings. The molecule has 0 spiro atoms. The second-order valence-corrected chi connectivity index (χ2v) is 9.62. The number of rotatable bonds is 4. The van der Waals surface area contributed by atoms with Crippen LogP contribution in [-0.4, -0.2) is 59.2 Å². The quantitative estimate of drug-likeness (QED) is 0.733. The lowest BCUT2D eigenvalue weighted by atomic mass is 10.2. The van der Waals surface area contributed by atoms with Gasteiger partial charge in [-0.05, 0) is 25.0 Å². The highest BCUT2D eigenvalue weighted by molar-refractivity contribution is 7.92. The molecule has 0 atom stereocenters. The molecule has 3 rings (SSSR count). The van der Waals surface area contributed by atoms with E-state index in [0.29, 0.717) is 0 Å². The number of hydrogen-bond donors (Lipinski definition) is 0. The SMILES string of the molecule is Cn1cnnc1S(=O)(=O)C1CCN(S(=O)(=O)c2cccnc2)CC1. The zero-order valence-corrected chi connectivity index (χ0v) is 14.6. The molecule has 0 aliphatic carbocycles. The molecule has 130 valence electrons. The summed E-state index contributed by atoms with van der Waals surface area (Å²) in [6.45, 7) is 0.276. The Morgan fingerprint density at radius 1 is 1.17 bits per heavy atom. The summed E-state index contributed by atoms with van der Waals surface area (Å²) >= 11 is 0. The number of hydrogen-bond acceptors (Lipinski definition) is 7. The maximum atomic E-state index is 12.6. The van der Waals surface area contributed by atoms with Crippen LogP contribution in [0.15, 0.2) is 40.9 Å². The largest absolute Gasteiger partial charge is 0.308 e. The van der Waals surface area contributed by atoms with Crippen LogP contribution in [0, 0.1) is 0 Å². The predicted octanol–water partition coefficient (Wildman–Crippen LogP) is -0.163. The fourth-order valence-electron chi connectivity index (χ4n) is 2.71. The number of nitrogens with zero attached hydrogens (tertiary/aromatic N) is 5. The Balaban J connectivity index is 1.76. The highest BCUT2D eigenvalue weighted by atomic mass is 32.2. The van der Waals surface area contributed by atoms with Gasteiger partial charge in [-0.2, -0.15) is 4.31 Å². The minimum Gasteiger partial charge on any atom is -0.308 e. The van der Waals surface area contributed by atoms with Crippen LogP contribution in [-0.2, 0) is 26.9 Å². The van der Waals surface area contributed by atoms with Gasteiger partial charge in [-0.25, -0.2) is 16.8 Å². The lowest BCUT2D eigenvalue weighted by Gasteiger charge is -2.30. The van der Waals surface area contributed by atoms with Crippen molar-refractivity contribution in [1.29, 1.82) is 0 Å². The summed E-state index contributed by atoms with van der Waals surface area (Å²) in [5.74, 6) is 0. The zero-order chi connectivity index (χ0) is 17.4. The van der Waals surface area contributed by atoms with Crippen LogP contribution < -0.4 is 0 Å². The number of piperidine rings is 1. The standard InChI is InChI=1S/C13H17N5O4S2/c1-17-10-15-16-13(17)23(19,20)11-4-7-18(8-5-11)24(21,22)12-3-2-6-14-9-12/h2-3,6,9-11H,4-5,7-8H2,1H3. The van der Waals surface area contributed by atoms with Crippen molar-refractivity contribution in [2.24, 2.45) is 7.05 Å². The molecule has 0 saturated carbocycles. The Kier molecular flexibility index (Phi) is 4.40. The Morgan fingerprint density at radius 3 is 2.42 bits per heavy atom. The fourth-order valence-corrected chi connectivity index (χ4v) is 5.88. The van der Waals surface area contributed by atoms with E-state index >= 15 is 0 Å². The first kappa shape index (κ1) is 17.0. The van der Waals surface area contributed by atoms with Gasteiger partial charge in [-0.3, -0.25) is 4.98 Å². The first-order valence-corrected chi connectivity index (χ1v) is 10.3. The minimum atomic E-state index is -3.65. The zero-order valence-electron chi connectivity index (χ0n) is 13.0. The lowest BCUT2D eigenvalue weighted by molar-refractivity contribution is 0.344. The molecule has 1 fully saturated rings. The third-order valence-corrected chi connectivity index (χ3v) is 8.15. The summed E-state index contributed by atoms with van der Waals surface area (Å²) in [5.41, 5.74) is 0. The molecule has 0 radical (unpaired) electrons. The smallest absolute Gasteiger partial charge is 0.249 e. The second-order valence-electron chi connectivity index (χ2n) is 5.56. The van der Waals surface area contributed by atoms with Gasteiger partial charge >= 0.3 is 0 Å². The van der Waals surface area contributed by atoms with Gasteiger partial charge in [0.25, 0.3) is 0 Å². The van der Waals surface area contributed by atoms with Crippen molar-refractivity contribution in [2.45, 2.75) is 28.1 Å². The van der Waals surface area contributed by atoms with Crippen LogP contribution in [0.5, 0.6) is 0 Å². The van der Waals surface area contributed by atoms with Crippen LogP contribution in [0.3, 0.4) is 0 Å². The van der Waals surface area contributed by atoms with E-state index in [4.69, 9.17) is 0 Å². The van der Waals surface area contributed by atoms with Crippen molar-refractivity contribution in [2.75, 3.05) is 13.1 Å². The van der Waals surface area contributed by atoms with Gasteiger partial charge in [0.2, 0.25) is 25.0 Å². The van der Waals surface area contributed by atoms with Crippen molar-refractivity contribution in [3.8, 4) is 0 Å². The summed E-state index contributed by atoms with van der Waals surface area (Å²) in [7, 11) is -5.71. The van der Waals surface area contributed by atoms with Crippen LogP contribution in [0.2, 0.25) is 0 Å². The molecule has 11 heteroatoms. The second kappa shape index (κ2) is 6.22. The molecule has 0 N–H and O–H groups in total. The fraction of sp³-hybridized carbons (Fsp3) is 0.462. The van der Waals surface area contributed by atoms with E-state index in [1.165, 1.54) is 33.7 Å². The molecule has 2 aromatic rings. The molecule has 0 amide bonds. The molecular formula is C13H17N5O4S2. The summed E-state index contributed by atoms with van der Waals surface area (Å²) in [4.78, 5) is 3.93. The maximum absolute atomic E-state index is 12.6. The molecule has 0 aromatic carbocycles. The van der Waals surface area contributed by atoms with Crippen molar-refractivity contribution in [3.63, 3.8) is 0 Å². The van der Waals surface area contributed by atoms with Crippen molar-refractivity contribution in [3.05, 3.63) is 30.9 Å². The minimum absolute atomic E-state index is 0.0870. The topological polar surface area (TPSA) is 115 Å². The lowest BCUT2D eigenvalue weighted by Crippen LogP contribution is -2.42. The molecule has 1 saturated heterocycles. The van der Waals surface area contributed by atoms with E-state index < -0.39 is 25.1 Å². The van der Waals surface area contributed by atoms with Gasteiger partial charge in [0, 0.05) is 32.5 Å². The average Bonchev–Trinajstić information content (AvgIpc) is 3.03. The summed E-state index contributed by atoms with van der Waals surface area (Å²) < 4.78 is 52.9. The van der Waals surface area contributed by atoms with E-state index in [0.717, 1.165) is 0 Å². The van der Waals surface area contributed by atoms with Crippen molar-refractivity contribution in [1.82, 2.24) is 24.1 Å². The molecular weight excluding hydrogens is 354 g/mol. The van der Waals surface area contributed by atoms with Crippen molar-refractivity contribution >= 4 is 19.9 Å². The van der Waals surface area contributed by atoms with Crippen LogP contribution in [0.1, 0.15) is 12.8 Å². The molecule has 0 bridgehead atoms. The van der Waals surface area contributed by atoms with E-state index in [9.17, 15) is 16.8 Å². The summed E-state index contributed by atoms with van der Waals surface area (Å²) in [6.07, 6.45) is 4.55. The Hall–Kier alpha value is -1.85. The molecule has 9 nitrogen and oxygen atoms in total. The van der Waals surface area contributed by atoms with Crippen molar-refractivity contribution < 1.29 is 16.8 Å². The molecule has 3 heterocycles. The van der Waals surface area contributed by atoms with Gasteiger partial charge in [-0.15, -0.1) is 10.2 Å². The molecule has 1 aliphatic heterocycles. The van der Waals surface area contributed by atoms with Crippen LogP contribution >= 0.6 is 0 Å². The first-order chi connectivity index (χ1) is 11.3. The summed E-state index contributed by atoms with van der Waals surface area (Å²) in [5, 5.41) is 6.51. The van der Waals surface area contributed by atoms with Gasteiger partial charge in [0.1, 0.15) is 11.2 Å². The van der Waals surface area contributed by atoms with Gasteiger partial charge in [-0.1, -0.05) is 0 Å². The van der Waals surface area contributed by atoms with Gasteiger partial charge < -0.3 is 4.57 Å². The van der Waals surface area contributed by atoms with E-state index in [2.05, 4.69) is 15.2 Å². The van der Waals surface area contributed by atoms with E-state index in [1.807, 2.05) is 0 Å². The third-order valence-electron chi connectivity index (χ3n) is 4.04. The number of sulfone groups is 1. The molecule has 0 unspecified atom stereocenters. The highest BCUT2D eigenvalue weighted by Gasteiger charge is 2.37. The normalized spacial score (nSPS) is 17.9. The third kappa shape index (κ3) is 2.94. The van der Waals surface area contributed by atoms with E-state index in [1.54, 1.807) is 13.1 Å². The Bertz CT molecular complexity index is 916. The Labute approximate surface area is 140 Å². The van der Waals surface area contributed by atoms with Crippen LogP contribution in [0.25, 0.3) is 0 Å². The molecule has 2 aromatic heterocycles. The van der Waals surface area contributed by atoms with Gasteiger partial charge in [0.05, 0.1) is 5.25 Å². The maximum Gasteiger partial charge on any atom is 0.249 e. The predicted molar refractivity (Wildman–Crippen MR) is 84.2 cm³/mol. The average molecular weight is 371 g/mol. The highest BCUT2D eigenvalue weighted by Crippen LogP contribution is 2.26. The summed E-state index contributed by atoms with van der Waals surface area (Å²) in [6, 6.07) is 3.03. The number of pyridine rings is 1. The monoisotopic (exact) mass is 371 g/mol.